The van der Waals surface area contributed by atoms with E-state index in [0.29, 0.717) is 5.66 Å². The molecule has 3 unspecified atom stereocenters. The van der Waals surface area contributed by atoms with E-state index in [1.807, 2.05) is 0 Å². The highest BCUT2D eigenvalue weighted by Crippen LogP contribution is 2.53. The molecule has 4 aromatic carbocycles. The maximum atomic E-state index is 5.75. The second kappa shape index (κ2) is 13.6. The lowest BCUT2D eigenvalue weighted by molar-refractivity contribution is 0.411. The van der Waals surface area contributed by atoms with E-state index in [4.69, 9.17) is 9.47 Å². The standard InChI is InChI=1S/C32H36O2P2/c1-4-28(36(30-19-9-6-10-20-30)24-27-16-12-14-22-32(27)34-3)25-35(29-17-7-5-8-18-29)23-26-15-11-13-21-31(26)33-2/h5-22,28H,4,23-25H2,1-3H3. The molecule has 0 aromatic heterocycles. The van der Waals surface area contributed by atoms with Crippen LogP contribution >= 0.6 is 15.8 Å². The molecule has 0 spiro atoms. The van der Waals surface area contributed by atoms with Crippen LogP contribution in [0.25, 0.3) is 0 Å². The Kier molecular flexibility index (Phi) is 9.97. The summed E-state index contributed by atoms with van der Waals surface area (Å²) in [6, 6.07) is 39.3. The van der Waals surface area contributed by atoms with Crippen molar-refractivity contribution < 1.29 is 9.47 Å². The molecule has 4 aromatic rings. The fraction of sp³-hybridized carbons (Fsp3) is 0.250. The number of hydrogen-bond donors (Lipinski definition) is 0. The third kappa shape index (κ3) is 6.76. The van der Waals surface area contributed by atoms with Crippen molar-refractivity contribution in [3.8, 4) is 11.5 Å². The molecule has 0 saturated carbocycles. The van der Waals surface area contributed by atoms with Gasteiger partial charge in [-0.1, -0.05) is 120 Å². The number of ether oxygens (including phenoxy) is 2. The summed E-state index contributed by atoms with van der Waals surface area (Å²) in [6.07, 6.45) is 4.43. The number of rotatable bonds is 12. The molecule has 0 heterocycles. The minimum absolute atomic E-state index is 0.403. The Morgan fingerprint density at radius 3 is 1.58 bits per heavy atom. The van der Waals surface area contributed by atoms with E-state index in [0.717, 1.165) is 30.2 Å². The Hall–Kier alpha value is -2.66. The summed E-state index contributed by atoms with van der Waals surface area (Å²) >= 11 is 0. The van der Waals surface area contributed by atoms with Gasteiger partial charge in [-0.25, -0.2) is 0 Å². The molecule has 3 atom stereocenters. The third-order valence-corrected chi connectivity index (χ3v) is 12.6. The predicted molar refractivity (Wildman–Crippen MR) is 158 cm³/mol. The molecule has 0 bridgehead atoms. The lowest BCUT2D eigenvalue weighted by Gasteiger charge is -2.32. The molecule has 0 amide bonds. The summed E-state index contributed by atoms with van der Waals surface area (Å²) in [5.74, 6) is 1.99. The number of methoxy groups -OCH3 is 2. The average molecular weight is 515 g/mol. The highest BCUT2D eigenvalue weighted by atomic mass is 31.1. The SMILES string of the molecule is CCC(CP(Cc1ccccc1OC)c1ccccc1)P(Cc1ccccc1OC)c1ccccc1. The van der Waals surface area contributed by atoms with E-state index in [2.05, 4.69) is 116 Å². The molecule has 4 rings (SSSR count). The van der Waals surface area contributed by atoms with Gasteiger partial charge < -0.3 is 9.47 Å². The molecular formula is C32H36O2P2. The van der Waals surface area contributed by atoms with Gasteiger partial charge in [0, 0.05) is 12.3 Å². The zero-order valence-electron chi connectivity index (χ0n) is 21.5. The van der Waals surface area contributed by atoms with Crippen molar-refractivity contribution >= 4 is 26.5 Å². The summed E-state index contributed by atoms with van der Waals surface area (Å²) in [5.41, 5.74) is 3.22. The second-order valence-electron chi connectivity index (χ2n) is 8.87. The quantitative estimate of drug-likeness (QED) is 0.180. The van der Waals surface area contributed by atoms with Gasteiger partial charge in [0.25, 0.3) is 0 Å². The molecule has 36 heavy (non-hydrogen) atoms. The molecule has 2 nitrogen and oxygen atoms in total. The van der Waals surface area contributed by atoms with Crippen LogP contribution < -0.4 is 20.1 Å². The topological polar surface area (TPSA) is 18.5 Å². The fourth-order valence-corrected chi connectivity index (χ4v) is 11.1. The summed E-state index contributed by atoms with van der Waals surface area (Å²) in [5, 5.41) is 2.95. The van der Waals surface area contributed by atoms with Gasteiger partial charge in [0.1, 0.15) is 11.5 Å². The van der Waals surface area contributed by atoms with Crippen LogP contribution in [0.5, 0.6) is 11.5 Å². The maximum absolute atomic E-state index is 5.75. The molecule has 0 N–H and O–H groups in total. The average Bonchev–Trinajstić information content (AvgIpc) is 2.95. The Balaban J connectivity index is 1.69. The van der Waals surface area contributed by atoms with E-state index in [1.165, 1.54) is 27.9 Å². The van der Waals surface area contributed by atoms with Gasteiger partial charge in [0.2, 0.25) is 0 Å². The summed E-state index contributed by atoms with van der Waals surface area (Å²) in [7, 11) is 2.73. The molecule has 0 saturated heterocycles. The molecule has 0 radical (unpaired) electrons. The van der Waals surface area contributed by atoms with E-state index in [1.54, 1.807) is 14.2 Å². The van der Waals surface area contributed by atoms with Crippen molar-refractivity contribution in [2.45, 2.75) is 31.3 Å². The van der Waals surface area contributed by atoms with Crippen molar-refractivity contribution in [3.05, 3.63) is 120 Å². The van der Waals surface area contributed by atoms with E-state index in [-0.39, 0.29) is 0 Å². The van der Waals surface area contributed by atoms with Gasteiger partial charge in [0.05, 0.1) is 14.2 Å². The van der Waals surface area contributed by atoms with Crippen LogP contribution in [0.2, 0.25) is 0 Å². The van der Waals surface area contributed by atoms with Gasteiger partial charge in [-0.2, -0.15) is 0 Å². The van der Waals surface area contributed by atoms with Crippen LogP contribution in [0.1, 0.15) is 24.5 Å². The molecule has 4 heteroatoms. The van der Waals surface area contributed by atoms with E-state index < -0.39 is 15.8 Å². The van der Waals surface area contributed by atoms with Crippen molar-refractivity contribution in [2.75, 3.05) is 20.4 Å². The van der Waals surface area contributed by atoms with Crippen LogP contribution in [0.4, 0.5) is 0 Å². The van der Waals surface area contributed by atoms with Crippen LogP contribution in [0.15, 0.2) is 109 Å². The van der Waals surface area contributed by atoms with Crippen molar-refractivity contribution in [1.82, 2.24) is 0 Å². The van der Waals surface area contributed by atoms with Crippen molar-refractivity contribution in [2.24, 2.45) is 0 Å². The Bertz CT molecular complexity index is 1200. The summed E-state index contributed by atoms with van der Waals surface area (Å²) in [6.45, 7) is 2.37. The van der Waals surface area contributed by atoms with E-state index >= 15 is 0 Å². The smallest absolute Gasteiger partial charge is 0.122 e. The van der Waals surface area contributed by atoms with Gasteiger partial charge in [0.15, 0.2) is 0 Å². The maximum Gasteiger partial charge on any atom is 0.122 e. The highest BCUT2D eigenvalue weighted by molar-refractivity contribution is 7.69. The van der Waals surface area contributed by atoms with Crippen molar-refractivity contribution in [1.29, 1.82) is 0 Å². The first-order valence-electron chi connectivity index (χ1n) is 12.6. The predicted octanol–water partition coefficient (Wildman–Crippen LogP) is 7.80. The van der Waals surface area contributed by atoms with Crippen LogP contribution in [-0.4, -0.2) is 26.0 Å². The Morgan fingerprint density at radius 2 is 1.06 bits per heavy atom. The second-order valence-corrected chi connectivity index (χ2v) is 13.6. The number of para-hydroxylation sites is 2. The number of hydrogen-bond acceptors (Lipinski definition) is 2. The largest absolute Gasteiger partial charge is 0.496 e. The third-order valence-electron chi connectivity index (χ3n) is 6.64. The molecule has 0 aliphatic carbocycles. The molecular weight excluding hydrogens is 478 g/mol. The Morgan fingerprint density at radius 1 is 0.583 bits per heavy atom. The molecule has 186 valence electrons. The molecule has 0 fully saturated rings. The van der Waals surface area contributed by atoms with Crippen molar-refractivity contribution in [3.63, 3.8) is 0 Å². The van der Waals surface area contributed by atoms with Gasteiger partial charge in [-0.15, -0.1) is 0 Å². The van der Waals surface area contributed by atoms with Crippen LogP contribution in [-0.2, 0) is 12.3 Å². The highest BCUT2D eigenvalue weighted by Gasteiger charge is 2.27. The van der Waals surface area contributed by atoms with Gasteiger partial charge in [-0.05, 0) is 52.1 Å². The number of benzene rings is 4. The van der Waals surface area contributed by atoms with Gasteiger partial charge >= 0.3 is 0 Å². The van der Waals surface area contributed by atoms with E-state index in [9.17, 15) is 0 Å². The first-order valence-corrected chi connectivity index (χ1v) is 15.9. The Labute approximate surface area is 219 Å². The monoisotopic (exact) mass is 514 g/mol. The lowest BCUT2D eigenvalue weighted by atomic mass is 10.2. The first kappa shape index (κ1) is 26.4. The normalized spacial score (nSPS) is 13.5. The molecule has 0 aliphatic heterocycles. The molecule has 0 aliphatic rings. The minimum atomic E-state index is -0.421. The summed E-state index contributed by atoms with van der Waals surface area (Å²) < 4.78 is 11.5. The zero-order chi connectivity index (χ0) is 25.2. The van der Waals surface area contributed by atoms with Gasteiger partial charge in [-0.3, -0.25) is 0 Å². The lowest BCUT2D eigenvalue weighted by Crippen LogP contribution is -2.21. The van der Waals surface area contributed by atoms with Crippen LogP contribution in [0, 0.1) is 0 Å². The zero-order valence-corrected chi connectivity index (χ0v) is 23.3. The first-order chi connectivity index (χ1) is 17.7. The van der Waals surface area contributed by atoms with Crippen LogP contribution in [0.3, 0.4) is 0 Å². The summed E-state index contributed by atoms with van der Waals surface area (Å²) in [4.78, 5) is 0. The fourth-order valence-electron chi connectivity index (χ4n) is 4.71. The minimum Gasteiger partial charge on any atom is -0.496 e.